The van der Waals surface area contributed by atoms with Gasteiger partial charge in [0.05, 0.1) is 23.3 Å². The van der Waals surface area contributed by atoms with Crippen molar-refractivity contribution in [2.24, 2.45) is 0 Å². The zero-order chi connectivity index (χ0) is 20.9. The Bertz CT molecular complexity index is 1220. The van der Waals surface area contributed by atoms with Crippen LogP contribution in [-0.2, 0) is 14.8 Å². The molecule has 3 rings (SSSR count). The average Bonchev–Trinajstić information content (AvgIpc) is 2.72. The van der Waals surface area contributed by atoms with Gasteiger partial charge in [0.1, 0.15) is 0 Å². The van der Waals surface area contributed by atoms with Crippen LogP contribution in [-0.4, -0.2) is 21.5 Å². The van der Waals surface area contributed by atoms with Crippen molar-refractivity contribution < 1.29 is 17.9 Å². The number of sulfonamides is 1. The lowest BCUT2D eigenvalue weighted by Crippen LogP contribution is -2.13. The molecule has 0 atom stereocenters. The number of anilines is 1. The molecule has 0 spiro atoms. The van der Waals surface area contributed by atoms with Crippen molar-refractivity contribution >= 4 is 21.7 Å². The van der Waals surface area contributed by atoms with Crippen LogP contribution in [0, 0.1) is 18.8 Å². The topological polar surface area (TPSA) is 72.5 Å². The van der Waals surface area contributed by atoms with Crippen molar-refractivity contribution in [3.05, 3.63) is 95.1 Å². The van der Waals surface area contributed by atoms with E-state index in [0.29, 0.717) is 22.4 Å². The molecule has 3 aromatic carbocycles. The lowest BCUT2D eigenvalue weighted by molar-refractivity contribution is 0.0600. The summed E-state index contributed by atoms with van der Waals surface area (Å²) < 4.78 is 32.4. The third-order valence-electron chi connectivity index (χ3n) is 4.05. The number of carbonyl (C=O) groups excluding carboxylic acids is 1. The molecule has 0 fully saturated rings. The van der Waals surface area contributed by atoms with E-state index in [-0.39, 0.29) is 4.90 Å². The Morgan fingerprint density at radius 3 is 2.24 bits per heavy atom. The highest BCUT2D eigenvalue weighted by atomic mass is 32.2. The van der Waals surface area contributed by atoms with Crippen LogP contribution >= 0.6 is 0 Å². The van der Waals surface area contributed by atoms with Gasteiger partial charge in [-0.3, -0.25) is 4.72 Å². The molecule has 0 saturated carbocycles. The van der Waals surface area contributed by atoms with E-state index in [0.717, 1.165) is 5.56 Å². The number of hydrogen-bond acceptors (Lipinski definition) is 4. The maximum Gasteiger partial charge on any atom is 0.337 e. The fourth-order valence-corrected chi connectivity index (χ4v) is 3.80. The molecular formula is C23H19NO4S. The summed E-state index contributed by atoms with van der Waals surface area (Å²) in [6.07, 6.45) is 0. The number of hydrogen-bond donors (Lipinski definition) is 1. The summed E-state index contributed by atoms with van der Waals surface area (Å²) in [4.78, 5) is 11.8. The summed E-state index contributed by atoms with van der Waals surface area (Å²) in [6.45, 7) is 1.84. The van der Waals surface area contributed by atoms with E-state index in [1.54, 1.807) is 66.7 Å². The van der Waals surface area contributed by atoms with E-state index < -0.39 is 16.0 Å². The van der Waals surface area contributed by atoms with Crippen LogP contribution in [0.15, 0.2) is 77.7 Å². The van der Waals surface area contributed by atoms with E-state index in [9.17, 15) is 13.2 Å². The first-order valence-electron chi connectivity index (χ1n) is 8.77. The van der Waals surface area contributed by atoms with Gasteiger partial charge in [-0.25, -0.2) is 13.2 Å². The molecule has 0 bridgehead atoms. The second kappa shape index (κ2) is 8.63. The highest BCUT2D eigenvalue weighted by Crippen LogP contribution is 2.18. The minimum atomic E-state index is -3.69. The summed E-state index contributed by atoms with van der Waals surface area (Å²) in [5.41, 5.74) is 2.99. The Balaban J connectivity index is 1.83. The zero-order valence-corrected chi connectivity index (χ0v) is 16.8. The largest absolute Gasteiger partial charge is 0.465 e. The molecule has 5 nitrogen and oxygen atoms in total. The fraction of sp³-hybridized carbons (Fsp3) is 0.0870. The van der Waals surface area contributed by atoms with Gasteiger partial charge in [-0.1, -0.05) is 36.1 Å². The number of carbonyl (C=O) groups is 1. The predicted molar refractivity (Wildman–Crippen MR) is 112 cm³/mol. The van der Waals surface area contributed by atoms with Gasteiger partial charge in [0, 0.05) is 11.1 Å². The van der Waals surface area contributed by atoms with Crippen LogP contribution in [0.1, 0.15) is 27.0 Å². The Hall–Kier alpha value is -3.56. The molecule has 29 heavy (non-hydrogen) atoms. The molecular weight excluding hydrogens is 386 g/mol. The third-order valence-corrected chi connectivity index (χ3v) is 5.43. The van der Waals surface area contributed by atoms with Crippen LogP contribution < -0.4 is 4.72 Å². The van der Waals surface area contributed by atoms with Crippen molar-refractivity contribution in [2.45, 2.75) is 11.8 Å². The van der Waals surface area contributed by atoms with Crippen LogP contribution in [0.25, 0.3) is 0 Å². The SMILES string of the molecule is COC(=O)c1cccc(C#Cc2cccc(NS(=O)(=O)c3cccc(C)c3)c2)c1. The van der Waals surface area contributed by atoms with E-state index in [1.807, 2.05) is 13.0 Å². The molecule has 3 aromatic rings. The van der Waals surface area contributed by atoms with E-state index in [2.05, 4.69) is 16.6 Å². The summed E-state index contributed by atoms with van der Waals surface area (Å²) in [7, 11) is -2.36. The quantitative estimate of drug-likeness (QED) is 0.526. The van der Waals surface area contributed by atoms with Gasteiger partial charge in [-0.15, -0.1) is 0 Å². The Kier molecular flexibility index (Phi) is 6.01. The number of benzene rings is 3. The highest BCUT2D eigenvalue weighted by Gasteiger charge is 2.14. The Morgan fingerprint density at radius 1 is 0.897 bits per heavy atom. The molecule has 0 radical (unpaired) electrons. The maximum absolute atomic E-state index is 12.6. The normalized spacial score (nSPS) is 10.6. The number of esters is 1. The van der Waals surface area contributed by atoms with Crippen molar-refractivity contribution in [1.82, 2.24) is 0 Å². The molecule has 0 aromatic heterocycles. The second-order valence-corrected chi connectivity index (χ2v) is 8.01. The summed E-state index contributed by atoms with van der Waals surface area (Å²) in [6, 6.07) is 20.3. The molecule has 6 heteroatoms. The fourth-order valence-electron chi connectivity index (χ4n) is 2.64. The monoisotopic (exact) mass is 405 g/mol. The summed E-state index contributed by atoms with van der Waals surface area (Å²) >= 11 is 0. The average molecular weight is 405 g/mol. The summed E-state index contributed by atoms with van der Waals surface area (Å²) in [5.74, 6) is 5.53. The van der Waals surface area contributed by atoms with Gasteiger partial charge in [-0.2, -0.15) is 0 Å². The predicted octanol–water partition coefficient (Wildman–Crippen LogP) is 3.98. The molecule has 0 aliphatic heterocycles. The molecule has 0 amide bonds. The smallest absolute Gasteiger partial charge is 0.337 e. The standard InChI is InChI=1S/C23H19NO4S/c1-17-6-3-11-22(14-17)29(26,27)24-21-10-5-8-19(16-21)13-12-18-7-4-9-20(15-18)23(25)28-2/h3-11,14-16,24H,1-2H3. The van der Waals surface area contributed by atoms with Crippen LogP contribution in [0.2, 0.25) is 0 Å². The van der Waals surface area contributed by atoms with Gasteiger partial charge < -0.3 is 4.74 Å². The highest BCUT2D eigenvalue weighted by molar-refractivity contribution is 7.92. The molecule has 0 aliphatic rings. The summed E-state index contributed by atoms with van der Waals surface area (Å²) in [5, 5.41) is 0. The van der Waals surface area contributed by atoms with Crippen molar-refractivity contribution in [3.8, 4) is 11.8 Å². The molecule has 0 heterocycles. The van der Waals surface area contributed by atoms with Crippen molar-refractivity contribution in [3.63, 3.8) is 0 Å². The van der Waals surface area contributed by atoms with Gasteiger partial charge in [0.25, 0.3) is 10.0 Å². The van der Waals surface area contributed by atoms with E-state index in [4.69, 9.17) is 4.74 Å². The zero-order valence-electron chi connectivity index (χ0n) is 16.0. The first kappa shape index (κ1) is 20.2. The number of rotatable bonds is 4. The lowest BCUT2D eigenvalue weighted by Gasteiger charge is -2.09. The maximum atomic E-state index is 12.6. The molecule has 1 N–H and O–H groups in total. The number of nitrogens with one attached hydrogen (secondary N) is 1. The molecule has 146 valence electrons. The minimum Gasteiger partial charge on any atom is -0.465 e. The van der Waals surface area contributed by atoms with Crippen LogP contribution in [0.5, 0.6) is 0 Å². The Morgan fingerprint density at radius 2 is 1.55 bits per heavy atom. The van der Waals surface area contributed by atoms with Crippen molar-refractivity contribution in [2.75, 3.05) is 11.8 Å². The Labute approximate surface area is 170 Å². The van der Waals surface area contributed by atoms with Crippen LogP contribution in [0.4, 0.5) is 5.69 Å². The first-order chi connectivity index (χ1) is 13.9. The second-order valence-electron chi connectivity index (χ2n) is 6.33. The number of ether oxygens (including phenoxy) is 1. The van der Waals surface area contributed by atoms with Gasteiger partial charge in [0.15, 0.2) is 0 Å². The van der Waals surface area contributed by atoms with E-state index in [1.165, 1.54) is 7.11 Å². The molecule has 0 aliphatic carbocycles. The number of aryl methyl sites for hydroxylation is 1. The third kappa shape index (κ3) is 5.24. The van der Waals surface area contributed by atoms with Crippen molar-refractivity contribution in [1.29, 1.82) is 0 Å². The molecule has 0 unspecified atom stereocenters. The van der Waals surface area contributed by atoms with Gasteiger partial charge in [-0.05, 0) is 61.0 Å². The van der Waals surface area contributed by atoms with Gasteiger partial charge in [0.2, 0.25) is 0 Å². The minimum absolute atomic E-state index is 0.202. The molecule has 0 saturated heterocycles. The van der Waals surface area contributed by atoms with Crippen LogP contribution in [0.3, 0.4) is 0 Å². The van der Waals surface area contributed by atoms with E-state index >= 15 is 0 Å². The van der Waals surface area contributed by atoms with Gasteiger partial charge >= 0.3 is 5.97 Å². The first-order valence-corrected chi connectivity index (χ1v) is 10.3. The number of methoxy groups -OCH3 is 1. The lowest BCUT2D eigenvalue weighted by atomic mass is 10.1.